The van der Waals surface area contributed by atoms with Crippen LogP contribution in [0.3, 0.4) is 0 Å². The van der Waals surface area contributed by atoms with Crippen LogP contribution < -0.4 is 20.6 Å². The first-order valence-electron chi connectivity index (χ1n) is 15.1. The second kappa shape index (κ2) is 13.4. The Morgan fingerprint density at radius 1 is 1.11 bits per heavy atom. The Kier molecular flexibility index (Phi) is 9.81. The molecule has 1 fully saturated rings. The topological polar surface area (TPSA) is 140 Å². The van der Waals surface area contributed by atoms with Crippen LogP contribution in [0.1, 0.15) is 66.7 Å². The Morgan fingerprint density at radius 2 is 1.75 bits per heavy atom. The molecule has 1 atom stereocenters. The summed E-state index contributed by atoms with van der Waals surface area (Å²) in [5, 5.41) is 10.6. The molecule has 0 spiro atoms. The van der Waals surface area contributed by atoms with Gasteiger partial charge < -0.3 is 29.6 Å². The molecule has 10 heteroatoms. The van der Waals surface area contributed by atoms with E-state index in [2.05, 4.69) is 23.7 Å². The van der Waals surface area contributed by atoms with Gasteiger partial charge in [0.25, 0.3) is 0 Å². The smallest absolute Gasteiger partial charge is 0.222 e. The lowest BCUT2D eigenvalue weighted by Crippen LogP contribution is -2.42. The number of nitrogens with two attached hydrogens (primary N) is 1. The molecule has 0 saturated heterocycles. The van der Waals surface area contributed by atoms with E-state index >= 15 is 0 Å². The van der Waals surface area contributed by atoms with E-state index < -0.39 is 5.41 Å². The van der Waals surface area contributed by atoms with Gasteiger partial charge in [-0.1, -0.05) is 33.6 Å². The molecule has 1 aliphatic heterocycles. The van der Waals surface area contributed by atoms with E-state index in [1.807, 2.05) is 19.9 Å². The molecule has 2 heterocycles. The third-order valence-corrected chi connectivity index (χ3v) is 8.18. The van der Waals surface area contributed by atoms with Crippen LogP contribution in [0.4, 0.5) is 5.69 Å². The highest BCUT2D eigenvalue weighted by atomic mass is 16.5. The fourth-order valence-corrected chi connectivity index (χ4v) is 5.73. The van der Waals surface area contributed by atoms with Crippen molar-refractivity contribution in [1.82, 2.24) is 4.90 Å². The summed E-state index contributed by atoms with van der Waals surface area (Å²) < 4.78 is 16.6. The molecule has 44 heavy (non-hydrogen) atoms. The molecule has 0 bridgehead atoms. The number of carbonyl (C=O) groups excluding carboxylic acids is 1. The number of hydrogen-bond acceptors (Lipinski definition) is 7. The van der Waals surface area contributed by atoms with Crippen molar-refractivity contribution in [1.29, 1.82) is 0 Å². The summed E-state index contributed by atoms with van der Waals surface area (Å²) in [5.41, 5.74) is 7.60. The summed E-state index contributed by atoms with van der Waals surface area (Å²) >= 11 is 0. The quantitative estimate of drug-likeness (QED) is 0.225. The number of ketones is 1. The molecular weight excluding hydrogens is 560 g/mol. The summed E-state index contributed by atoms with van der Waals surface area (Å²) in [4.78, 5) is 37.0. The maximum absolute atomic E-state index is 13.0. The molecule has 10 nitrogen and oxygen atoms in total. The van der Waals surface area contributed by atoms with Crippen LogP contribution in [0.25, 0.3) is 22.3 Å². The lowest BCUT2D eigenvalue weighted by molar-refractivity contribution is -0.114. The van der Waals surface area contributed by atoms with E-state index in [1.165, 1.54) is 20.3 Å². The Hall–Kier alpha value is -4.60. The average Bonchev–Trinajstić information content (AvgIpc) is 3.65. The van der Waals surface area contributed by atoms with Gasteiger partial charge in [0.05, 0.1) is 31.0 Å². The minimum Gasteiger partial charge on any atom is -0.502 e. The van der Waals surface area contributed by atoms with Crippen molar-refractivity contribution in [2.45, 2.75) is 72.8 Å². The zero-order valence-corrected chi connectivity index (χ0v) is 26.6. The van der Waals surface area contributed by atoms with Crippen molar-refractivity contribution in [3.05, 3.63) is 58.4 Å². The van der Waals surface area contributed by atoms with Crippen LogP contribution in [0.2, 0.25) is 0 Å². The van der Waals surface area contributed by atoms with Crippen molar-refractivity contribution in [3.63, 3.8) is 0 Å². The van der Waals surface area contributed by atoms with Gasteiger partial charge in [-0.05, 0) is 56.5 Å². The Morgan fingerprint density at radius 3 is 2.32 bits per heavy atom. The third-order valence-electron chi connectivity index (χ3n) is 8.18. The van der Waals surface area contributed by atoms with Gasteiger partial charge in [-0.3, -0.25) is 9.59 Å². The number of aliphatic imine (C=N–C) groups is 2. The van der Waals surface area contributed by atoms with Gasteiger partial charge in [0, 0.05) is 36.1 Å². The standard InChI is InChI=1S/C32H36N4O6.C2H6/c1-6-32(3)17-23(18(2)37)36(21-9-7-8-10-21)30(32)35-31(33)34-20-11-12-22-24(38)16-25(42-26(22)15-20)19-13-27(40-4)29(39)28(14-19)41-5;1-2/h11-17,21,39H,6-10H2,1-5H3,(H2,33,34);1-2H3/b35-30+;. The molecule has 234 valence electrons. The van der Waals surface area contributed by atoms with Crippen LogP contribution in [-0.2, 0) is 4.79 Å². The number of amidine groups is 1. The first-order valence-corrected chi connectivity index (χ1v) is 15.1. The van der Waals surface area contributed by atoms with Crippen molar-refractivity contribution in [2.75, 3.05) is 14.2 Å². The molecule has 2 aromatic carbocycles. The molecule has 0 radical (unpaired) electrons. The summed E-state index contributed by atoms with van der Waals surface area (Å²) in [7, 11) is 2.84. The highest BCUT2D eigenvalue weighted by Crippen LogP contribution is 2.42. The van der Waals surface area contributed by atoms with Gasteiger partial charge in [0.2, 0.25) is 11.7 Å². The van der Waals surface area contributed by atoms with E-state index in [0.29, 0.717) is 27.9 Å². The highest BCUT2D eigenvalue weighted by Gasteiger charge is 2.44. The number of phenols is 1. The zero-order valence-electron chi connectivity index (χ0n) is 26.6. The van der Waals surface area contributed by atoms with Crippen molar-refractivity contribution in [2.24, 2.45) is 21.1 Å². The maximum atomic E-state index is 13.0. The van der Waals surface area contributed by atoms with Crippen molar-refractivity contribution < 1.29 is 23.8 Å². The number of nitrogens with zero attached hydrogens (tertiary/aromatic N) is 3. The summed E-state index contributed by atoms with van der Waals surface area (Å²) in [6, 6.07) is 9.64. The number of fused-ring (bicyclic) bond motifs is 1. The van der Waals surface area contributed by atoms with Gasteiger partial charge in [-0.2, -0.15) is 4.99 Å². The average molecular weight is 603 g/mol. The molecule has 3 aromatic rings. The summed E-state index contributed by atoms with van der Waals surface area (Å²) in [6.45, 7) is 9.72. The fourth-order valence-electron chi connectivity index (χ4n) is 5.73. The van der Waals surface area contributed by atoms with Crippen LogP contribution in [0, 0.1) is 5.41 Å². The Bertz CT molecular complexity index is 1670. The number of Topliss-reactive ketones (excluding diaryl/α,β-unsaturated/α-hetero) is 1. The molecule has 3 N–H and O–H groups in total. The number of aromatic hydroxyl groups is 1. The monoisotopic (exact) mass is 602 g/mol. The number of guanidine groups is 1. The highest BCUT2D eigenvalue weighted by molar-refractivity contribution is 6.09. The normalized spacial score (nSPS) is 19.6. The van der Waals surface area contributed by atoms with E-state index in [0.717, 1.165) is 37.9 Å². The number of allylic oxidation sites excluding steroid dienone is 1. The molecule has 1 aromatic heterocycles. The number of benzene rings is 2. The second-order valence-corrected chi connectivity index (χ2v) is 11.0. The molecule has 0 amide bonds. The van der Waals surface area contributed by atoms with Gasteiger partial charge >= 0.3 is 0 Å². The number of hydrogen-bond donors (Lipinski definition) is 2. The minimum atomic E-state index is -0.457. The third kappa shape index (κ3) is 6.20. The number of rotatable bonds is 7. The first kappa shape index (κ1) is 32.3. The summed E-state index contributed by atoms with van der Waals surface area (Å²) in [5.74, 6) is 1.24. The number of methoxy groups -OCH3 is 2. The van der Waals surface area contributed by atoms with E-state index in [1.54, 1.807) is 37.3 Å². The van der Waals surface area contributed by atoms with Gasteiger partial charge in [-0.25, -0.2) is 4.99 Å². The van der Waals surface area contributed by atoms with Crippen LogP contribution >= 0.6 is 0 Å². The zero-order chi connectivity index (χ0) is 32.2. The molecule has 1 aliphatic carbocycles. The predicted molar refractivity (Wildman–Crippen MR) is 174 cm³/mol. The minimum absolute atomic E-state index is 0.00603. The van der Waals surface area contributed by atoms with E-state index in [-0.39, 0.29) is 46.2 Å². The maximum Gasteiger partial charge on any atom is 0.222 e. The van der Waals surface area contributed by atoms with Crippen LogP contribution in [0.5, 0.6) is 17.2 Å². The second-order valence-electron chi connectivity index (χ2n) is 11.0. The largest absolute Gasteiger partial charge is 0.502 e. The number of ether oxygens (including phenoxy) is 2. The first-order chi connectivity index (χ1) is 21.1. The fraction of sp³-hybridized carbons (Fsp3) is 0.412. The van der Waals surface area contributed by atoms with Gasteiger partial charge in [0.15, 0.2) is 22.7 Å². The van der Waals surface area contributed by atoms with Crippen molar-refractivity contribution in [3.8, 4) is 28.6 Å². The van der Waals surface area contributed by atoms with Gasteiger partial charge in [-0.15, -0.1) is 0 Å². The summed E-state index contributed by atoms with van der Waals surface area (Å²) in [6.07, 6.45) is 6.96. The SMILES string of the molecule is CC.CCC1(C)C=C(C(C)=O)N(C2CCCC2)/C1=N/C(N)=Nc1ccc2c(=O)cc(-c3cc(OC)c(O)c(OC)c3)oc2c1. The lowest BCUT2D eigenvalue weighted by atomic mass is 9.87. The lowest BCUT2D eigenvalue weighted by Gasteiger charge is -2.33. The Labute approximate surface area is 257 Å². The molecule has 2 aliphatic rings. The molecular formula is C34H42N4O6. The van der Waals surface area contributed by atoms with Crippen LogP contribution in [0.15, 0.2) is 67.4 Å². The molecule has 1 unspecified atom stereocenters. The van der Waals surface area contributed by atoms with Crippen LogP contribution in [-0.4, -0.2) is 47.8 Å². The molecule has 1 saturated carbocycles. The van der Waals surface area contributed by atoms with Gasteiger partial charge in [0.1, 0.15) is 17.2 Å². The van der Waals surface area contributed by atoms with E-state index in [9.17, 15) is 14.7 Å². The number of carbonyl (C=O) groups is 1. The molecule has 5 rings (SSSR count). The Balaban J connectivity index is 0.00000216. The number of phenolic OH excluding ortho intramolecular Hbond substituents is 1. The van der Waals surface area contributed by atoms with E-state index in [4.69, 9.17) is 24.6 Å². The van der Waals surface area contributed by atoms with Crippen molar-refractivity contribution >= 4 is 34.2 Å². The predicted octanol–water partition coefficient (Wildman–Crippen LogP) is 6.70.